The van der Waals surface area contributed by atoms with Crippen LogP contribution in [-0.2, 0) is 0 Å². The van der Waals surface area contributed by atoms with Crippen molar-refractivity contribution in [1.82, 2.24) is 0 Å². The van der Waals surface area contributed by atoms with Gasteiger partial charge in [0.05, 0.1) is 5.02 Å². The SMILES string of the molecule is N=C(N)c1ccc(Oc2ccc(Br)cc2Cl)cc1Br. The van der Waals surface area contributed by atoms with E-state index in [-0.39, 0.29) is 5.84 Å². The first-order valence-corrected chi connectivity index (χ1v) is 7.20. The van der Waals surface area contributed by atoms with Gasteiger partial charge in [0.15, 0.2) is 0 Å². The summed E-state index contributed by atoms with van der Waals surface area (Å²) in [5.41, 5.74) is 6.06. The van der Waals surface area contributed by atoms with Crippen LogP contribution in [0.1, 0.15) is 5.56 Å². The molecule has 0 fully saturated rings. The molecule has 0 aliphatic heterocycles. The van der Waals surface area contributed by atoms with E-state index in [0.29, 0.717) is 26.6 Å². The van der Waals surface area contributed by atoms with Crippen LogP contribution in [0.5, 0.6) is 11.5 Å². The summed E-state index contributed by atoms with van der Waals surface area (Å²) in [5.74, 6) is 1.17. The molecule has 2 aromatic carbocycles. The lowest BCUT2D eigenvalue weighted by molar-refractivity contribution is 0.482. The summed E-state index contributed by atoms with van der Waals surface area (Å²) in [4.78, 5) is 0. The zero-order chi connectivity index (χ0) is 14.0. The lowest BCUT2D eigenvalue weighted by Gasteiger charge is -2.09. The van der Waals surface area contributed by atoms with Gasteiger partial charge in [-0.1, -0.05) is 27.5 Å². The highest BCUT2D eigenvalue weighted by Crippen LogP contribution is 2.33. The molecule has 19 heavy (non-hydrogen) atoms. The van der Waals surface area contributed by atoms with E-state index in [0.717, 1.165) is 4.47 Å². The predicted molar refractivity (Wildman–Crippen MR) is 84.4 cm³/mol. The van der Waals surface area contributed by atoms with E-state index in [1.807, 2.05) is 6.07 Å². The van der Waals surface area contributed by atoms with E-state index < -0.39 is 0 Å². The summed E-state index contributed by atoms with van der Waals surface area (Å²) >= 11 is 12.8. The van der Waals surface area contributed by atoms with Crippen LogP contribution in [0.2, 0.25) is 5.02 Å². The highest BCUT2D eigenvalue weighted by molar-refractivity contribution is 9.10. The third-order valence-corrected chi connectivity index (χ3v) is 3.80. The fourth-order valence-electron chi connectivity index (χ4n) is 1.46. The Bertz CT molecular complexity index is 647. The van der Waals surface area contributed by atoms with E-state index >= 15 is 0 Å². The molecule has 0 unspecified atom stereocenters. The van der Waals surface area contributed by atoms with Crippen molar-refractivity contribution in [3.05, 3.63) is 55.9 Å². The first-order chi connectivity index (χ1) is 8.97. The summed E-state index contributed by atoms with van der Waals surface area (Å²) < 4.78 is 7.27. The van der Waals surface area contributed by atoms with Crippen LogP contribution in [0.15, 0.2) is 45.3 Å². The maximum atomic E-state index is 7.41. The number of rotatable bonds is 3. The number of nitrogen functional groups attached to an aromatic ring is 1. The second kappa shape index (κ2) is 5.94. The number of nitrogens with two attached hydrogens (primary N) is 1. The standard InChI is InChI=1S/C13H9Br2ClN2O/c14-7-1-4-12(11(16)5-7)19-8-2-3-9(13(17)18)10(15)6-8/h1-6H,(H3,17,18). The largest absolute Gasteiger partial charge is 0.456 e. The maximum Gasteiger partial charge on any atom is 0.146 e. The Morgan fingerprint density at radius 1 is 1.16 bits per heavy atom. The molecule has 2 rings (SSSR count). The van der Waals surface area contributed by atoms with Crippen LogP contribution in [0.4, 0.5) is 0 Å². The number of halogens is 3. The fraction of sp³-hybridized carbons (Fsp3) is 0. The summed E-state index contributed by atoms with van der Waals surface area (Å²) in [6.45, 7) is 0. The van der Waals surface area contributed by atoms with Gasteiger partial charge < -0.3 is 10.5 Å². The second-order valence-electron chi connectivity index (χ2n) is 3.73. The normalized spacial score (nSPS) is 10.3. The average Bonchev–Trinajstić information content (AvgIpc) is 2.32. The molecule has 3 nitrogen and oxygen atoms in total. The van der Waals surface area contributed by atoms with E-state index in [2.05, 4.69) is 31.9 Å². The maximum absolute atomic E-state index is 7.41. The van der Waals surface area contributed by atoms with Crippen molar-refractivity contribution in [3.8, 4) is 11.5 Å². The lowest BCUT2D eigenvalue weighted by Crippen LogP contribution is -2.11. The minimum absolute atomic E-state index is 0.0000918. The highest BCUT2D eigenvalue weighted by Gasteiger charge is 2.07. The molecule has 0 saturated carbocycles. The van der Waals surface area contributed by atoms with E-state index in [1.54, 1.807) is 30.3 Å². The first-order valence-electron chi connectivity index (χ1n) is 5.24. The quantitative estimate of drug-likeness (QED) is 0.562. The zero-order valence-corrected chi connectivity index (χ0v) is 13.5. The molecule has 0 aromatic heterocycles. The van der Waals surface area contributed by atoms with Crippen LogP contribution in [0, 0.1) is 5.41 Å². The van der Waals surface area contributed by atoms with Crippen LogP contribution in [0.25, 0.3) is 0 Å². The third-order valence-electron chi connectivity index (χ3n) is 2.35. The molecule has 0 bridgehead atoms. The van der Waals surface area contributed by atoms with Gasteiger partial charge >= 0.3 is 0 Å². The van der Waals surface area contributed by atoms with Gasteiger partial charge in [0.2, 0.25) is 0 Å². The molecule has 0 aliphatic carbocycles. The summed E-state index contributed by atoms with van der Waals surface area (Å²) in [6.07, 6.45) is 0. The first kappa shape index (κ1) is 14.4. The van der Waals surface area contributed by atoms with Gasteiger partial charge in [-0.05, 0) is 52.3 Å². The molecule has 0 radical (unpaired) electrons. The van der Waals surface area contributed by atoms with E-state index in [9.17, 15) is 0 Å². The molecule has 0 spiro atoms. The van der Waals surface area contributed by atoms with Gasteiger partial charge in [-0.3, -0.25) is 5.41 Å². The molecule has 6 heteroatoms. The van der Waals surface area contributed by atoms with Crippen LogP contribution in [0.3, 0.4) is 0 Å². The van der Waals surface area contributed by atoms with Crippen molar-refractivity contribution in [2.45, 2.75) is 0 Å². The average molecular weight is 404 g/mol. The number of hydrogen-bond donors (Lipinski definition) is 2. The smallest absolute Gasteiger partial charge is 0.146 e. The Labute approximate surface area is 132 Å². The Morgan fingerprint density at radius 2 is 1.89 bits per heavy atom. The van der Waals surface area contributed by atoms with Crippen molar-refractivity contribution >= 4 is 49.3 Å². The van der Waals surface area contributed by atoms with E-state index in [4.69, 9.17) is 27.5 Å². The molecule has 0 saturated heterocycles. The molecule has 0 aliphatic rings. The Hall–Kier alpha value is -1.04. The Kier molecular flexibility index (Phi) is 4.50. The summed E-state index contributed by atoms with van der Waals surface area (Å²) in [6, 6.07) is 10.6. The summed E-state index contributed by atoms with van der Waals surface area (Å²) in [5, 5.41) is 7.92. The molecular formula is C13H9Br2ClN2O. The van der Waals surface area contributed by atoms with Gasteiger partial charge in [-0.15, -0.1) is 0 Å². The van der Waals surface area contributed by atoms with Gasteiger partial charge in [0.25, 0.3) is 0 Å². The minimum atomic E-state index is 0.0000918. The molecular weight excluding hydrogens is 395 g/mol. The monoisotopic (exact) mass is 402 g/mol. The predicted octanol–water partition coefficient (Wildman–Crippen LogP) is 4.94. The van der Waals surface area contributed by atoms with Crippen LogP contribution >= 0.6 is 43.5 Å². The lowest BCUT2D eigenvalue weighted by atomic mass is 10.2. The van der Waals surface area contributed by atoms with E-state index in [1.165, 1.54) is 0 Å². The van der Waals surface area contributed by atoms with Crippen molar-refractivity contribution in [2.75, 3.05) is 0 Å². The van der Waals surface area contributed by atoms with Crippen LogP contribution < -0.4 is 10.5 Å². The van der Waals surface area contributed by atoms with Gasteiger partial charge in [-0.2, -0.15) is 0 Å². The topological polar surface area (TPSA) is 59.1 Å². The number of amidine groups is 1. The molecule has 0 amide bonds. The Balaban J connectivity index is 2.29. The second-order valence-corrected chi connectivity index (χ2v) is 5.91. The van der Waals surface area contributed by atoms with Crippen molar-refractivity contribution in [3.63, 3.8) is 0 Å². The zero-order valence-electron chi connectivity index (χ0n) is 9.58. The minimum Gasteiger partial charge on any atom is -0.456 e. The number of benzene rings is 2. The molecule has 0 heterocycles. The molecule has 0 atom stereocenters. The number of nitrogens with one attached hydrogen (secondary N) is 1. The van der Waals surface area contributed by atoms with Crippen molar-refractivity contribution in [1.29, 1.82) is 5.41 Å². The van der Waals surface area contributed by atoms with Gasteiger partial charge in [-0.25, -0.2) is 0 Å². The fourth-order valence-corrected chi connectivity index (χ4v) is 2.75. The van der Waals surface area contributed by atoms with Crippen molar-refractivity contribution in [2.24, 2.45) is 5.73 Å². The highest BCUT2D eigenvalue weighted by atomic mass is 79.9. The number of hydrogen-bond acceptors (Lipinski definition) is 2. The molecule has 3 N–H and O–H groups in total. The molecule has 98 valence electrons. The van der Waals surface area contributed by atoms with Crippen molar-refractivity contribution < 1.29 is 4.74 Å². The molecule has 2 aromatic rings. The third kappa shape index (κ3) is 3.49. The Morgan fingerprint density at radius 3 is 2.47 bits per heavy atom. The van der Waals surface area contributed by atoms with Gasteiger partial charge in [0.1, 0.15) is 17.3 Å². The number of ether oxygens (including phenoxy) is 1. The van der Waals surface area contributed by atoms with Gasteiger partial charge in [0, 0.05) is 14.5 Å². The summed E-state index contributed by atoms with van der Waals surface area (Å²) in [7, 11) is 0. The van der Waals surface area contributed by atoms with Crippen LogP contribution in [-0.4, -0.2) is 5.84 Å².